The van der Waals surface area contributed by atoms with E-state index in [1.165, 1.54) is 25.7 Å². The van der Waals surface area contributed by atoms with Crippen molar-refractivity contribution in [2.45, 2.75) is 38.3 Å². The summed E-state index contributed by atoms with van der Waals surface area (Å²) < 4.78 is 16.5. The van der Waals surface area contributed by atoms with Gasteiger partial charge in [-0.3, -0.25) is 0 Å². The minimum absolute atomic E-state index is 0.251. The Morgan fingerprint density at radius 2 is 2.10 bits per heavy atom. The van der Waals surface area contributed by atoms with Crippen molar-refractivity contribution in [3.63, 3.8) is 0 Å². The summed E-state index contributed by atoms with van der Waals surface area (Å²) in [6.07, 6.45) is 5.55. The highest BCUT2D eigenvalue weighted by Gasteiger charge is 2.18. The molecule has 1 aromatic rings. The van der Waals surface area contributed by atoms with E-state index in [1.807, 2.05) is 12.1 Å². The Balaban J connectivity index is 1.41. The van der Waals surface area contributed by atoms with E-state index in [0.29, 0.717) is 16.9 Å². The van der Waals surface area contributed by atoms with E-state index >= 15 is 0 Å². The second kappa shape index (κ2) is 6.66. The topological polar surface area (TPSA) is 39.7 Å². The molecule has 1 aromatic carbocycles. The quantitative estimate of drug-likeness (QED) is 0.819. The zero-order valence-corrected chi connectivity index (χ0v) is 12.2. The molecule has 1 fully saturated rings. The SMILES string of the molecule is Clc1cc(CNCCOC2CCCC2)cc2c1OCO2. The monoisotopic (exact) mass is 297 g/mol. The summed E-state index contributed by atoms with van der Waals surface area (Å²) in [5, 5.41) is 3.97. The third-order valence-electron chi connectivity index (χ3n) is 3.75. The predicted octanol–water partition coefficient (Wildman–Crippen LogP) is 3.12. The molecule has 3 rings (SSSR count). The Hall–Kier alpha value is -0.970. The van der Waals surface area contributed by atoms with Crippen molar-refractivity contribution in [3.05, 3.63) is 22.7 Å². The fourth-order valence-electron chi connectivity index (χ4n) is 2.71. The van der Waals surface area contributed by atoms with Crippen molar-refractivity contribution in [1.29, 1.82) is 0 Å². The van der Waals surface area contributed by atoms with Gasteiger partial charge in [-0.05, 0) is 30.5 Å². The number of benzene rings is 1. The van der Waals surface area contributed by atoms with Gasteiger partial charge in [0.25, 0.3) is 0 Å². The van der Waals surface area contributed by atoms with Gasteiger partial charge >= 0.3 is 0 Å². The Labute approximate surface area is 124 Å². The molecule has 0 aromatic heterocycles. The third-order valence-corrected chi connectivity index (χ3v) is 4.03. The number of hydrogen-bond acceptors (Lipinski definition) is 4. The summed E-state index contributed by atoms with van der Waals surface area (Å²) in [6, 6.07) is 3.89. The number of rotatable bonds is 6. The van der Waals surface area contributed by atoms with E-state index in [9.17, 15) is 0 Å². The van der Waals surface area contributed by atoms with Crippen LogP contribution in [0.25, 0.3) is 0 Å². The lowest BCUT2D eigenvalue weighted by Gasteiger charge is -2.11. The molecule has 0 bridgehead atoms. The molecule has 1 aliphatic carbocycles. The maximum atomic E-state index is 6.14. The minimum Gasteiger partial charge on any atom is -0.454 e. The van der Waals surface area contributed by atoms with Crippen LogP contribution in [0.15, 0.2) is 12.1 Å². The van der Waals surface area contributed by atoms with Gasteiger partial charge in [0.2, 0.25) is 6.79 Å². The van der Waals surface area contributed by atoms with Crippen LogP contribution >= 0.6 is 11.6 Å². The summed E-state index contributed by atoms with van der Waals surface area (Å²) in [4.78, 5) is 0. The first-order valence-corrected chi connectivity index (χ1v) is 7.61. The smallest absolute Gasteiger partial charge is 0.231 e. The van der Waals surface area contributed by atoms with Crippen molar-refractivity contribution in [3.8, 4) is 11.5 Å². The molecule has 5 heteroatoms. The van der Waals surface area contributed by atoms with Crippen LogP contribution in [-0.4, -0.2) is 26.0 Å². The normalized spacial score (nSPS) is 17.9. The molecule has 2 aliphatic rings. The van der Waals surface area contributed by atoms with E-state index in [1.54, 1.807) is 0 Å². The van der Waals surface area contributed by atoms with Crippen molar-refractivity contribution in [2.24, 2.45) is 0 Å². The number of nitrogens with one attached hydrogen (secondary N) is 1. The van der Waals surface area contributed by atoms with E-state index < -0.39 is 0 Å². The summed E-state index contributed by atoms with van der Waals surface area (Å²) >= 11 is 6.14. The minimum atomic E-state index is 0.251. The molecular formula is C15H20ClNO3. The maximum absolute atomic E-state index is 6.14. The molecule has 20 heavy (non-hydrogen) atoms. The highest BCUT2D eigenvalue weighted by molar-refractivity contribution is 6.32. The van der Waals surface area contributed by atoms with Gasteiger partial charge in [-0.25, -0.2) is 0 Å². The number of halogens is 1. The molecule has 0 radical (unpaired) electrons. The van der Waals surface area contributed by atoms with Crippen molar-refractivity contribution >= 4 is 11.6 Å². The van der Waals surface area contributed by atoms with Gasteiger partial charge in [0.1, 0.15) is 0 Å². The van der Waals surface area contributed by atoms with E-state index in [-0.39, 0.29) is 6.79 Å². The second-order valence-electron chi connectivity index (χ2n) is 5.27. The van der Waals surface area contributed by atoms with Gasteiger partial charge in [-0.1, -0.05) is 24.4 Å². The molecule has 1 N–H and O–H groups in total. The highest BCUT2D eigenvalue weighted by atomic mass is 35.5. The van der Waals surface area contributed by atoms with Gasteiger partial charge in [0.15, 0.2) is 11.5 Å². The molecule has 1 aliphatic heterocycles. The zero-order valence-electron chi connectivity index (χ0n) is 11.5. The lowest BCUT2D eigenvalue weighted by atomic mass is 10.2. The van der Waals surface area contributed by atoms with Crippen molar-refractivity contribution in [1.82, 2.24) is 5.32 Å². The summed E-state index contributed by atoms with van der Waals surface area (Å²) in [7, 11) is 0. The van der Waals surface area contributed by atoms with E-state index in [2.05, 4.69) is 5.32 Å². The van der Waals surface area contributed by atoms with Crippen LogP contribution in [-0.2, 0) is 11.3 Å². The Kier molecular flexibility index (Phi) is 4.65. The molecule has 1 saturated carbocycles. The molecule has 0 amide bonds. The van der Waals surface area contributed by atoms with Gasteiger partial charge in [-0.2, -0.15) is 0 Å². The predicted molar refractivity (Wildman–Crippen MR) is 77.5 cm³/mol. The lowest BCUT2D eigenvalue weighted by molar-refractivity contribution is 0.0603. The molecule has 0 spiro atoms. The average molecular weight is 298 g/mol. The average Bonchev–Trinajstić information content (AvgIpc) is 3.08. The van der Waals surface area contributed by atoms with Gasteiger partial charge < -0.3 is 19.5 Å². The van der Waals surface area contributed by atoms with Crippen LogP contribution < -0.4 is 14.8 Å². The second-order valence-corrected chi connectivity index (χ2v) is 5.67. The van der Waals surface area contributed by atoms with Crippen molar-refractivity contribution < 1.29 is 14.2 Å². The Morgan fingerprint density at radius 3 is 2.95 bits per heavy atom. The fourth-order valence-corrected chi connectivity index (χ4v) is 3.00. The number of ether oxygens (including phenoxy) is 3. The Bertz CT molecular complexity index is 461. The maximum Gasteiger partial charge on any atom is 0.231 e. The summed E-state index contributed by atoms with van der Waals surface area (Å²) in [5.74, 6) is 1.39. The van der Waals surface area contributed by atoms with Crippen LogP contribution in [0.1, 0.15) is 31.2 Å². The molecule has 4 nitrogen and oxygen atoms in total. The third kappa shape index (κ3) is 3.37. The van der Waals surface area contributed by atoms with Crippen LogP contribution in [0.3, 0.4) is 0 Å². The van der Waals surface area contributed by atoms with Crippen molar-refractivity contribution in [2.75, 3.05) is 19.9 Å². The van der Waals surface area contributed by atoms with Crippen LogP contribution in [0.4, 0.5) is 0 Å². The fraction of sp³-hybridized carbons (Fsp3) is 0.600. The lowest BCUT2D eigenvalue weighted by Crippen LogP contribution is -2.21. The van der Waals surface area contributed by atoms with Crippen LogP contribution in [0.2, 0.25) is 5.02 Å². The largest absolute Gasteiger partial charge is 0.454 e. The van der Waals surface area contributed by atoms with E-state index in [0.717, 1.165) is 31.0 Å². The summed E-state index contributed by atoms with van der Waals surface area (Å²) in [5.41, 5.74) is 1.10. The first-order chi connectivity index (χ1) is 9.83. The van der Waals surface area contributed by atoms with Gasteiger partial charge in [0, 0.05) is 13.1 Å². The van der Waals surface area contributed by atoms with Gasteiger partial charge in [-0.15, -0.1) is 0 Å². The molecule has 110 valence electrons. The highest BCUT2D eigenvalue weighted by Crippen LogP contribution is 2.39. The molecule has 0 unspecified atom stereocenters. The first kappa shape index (κ1) is 14.0. The standard InChI is InChI=1S/C15H20ClNO3/c16-13-7-11(8-14-15(13)20-10-19-14)9-17-5-6-18-12-3-1-2-4-12/h7-8,12,17H,1-6,9-10H2. The Morgan fingerprint density at radius 1 is 1.25 bits per heavy atom. The number of hydrogen-bond donors (Lipinski definition) is 1. The van der Waals surface area contributed by atoms with Crippen LogP contribution in [0, 0.1) is 0 Å². The molecular weight excluding hydrogens is 278 g/mol. The molecule has 0 saturated heterocycles. The molecule has 1 heterocycles. The zero-order chi connectivity index (χ0) is 13.8. The first-order valence-electron chi connectivity index (χ1n) is 7.23. The number of fused-ring (bicyclic) bond motifs is 1. The van der Waals surface area contributed by atoms with Crippen LogP contribution in [0.5, 0.6) is 11.5 Å². The van der Waals surface area contributed by atoms with E-state index in [4.69, 9.17) is 25.8 Å². The van der Waals surface area contributed by atoms with Gasteiger partial charge in [0.05, 0.1) is 17.7 Å². The summed E-state index contributed by atoms with van der Waals surface area (Å²) in [6.45, 7) is 2.62. The molecule has 0 atom stereocenters.